The zero-order valence-corrected chi connectivity index (χ0v) is 16.3. The third-order valence-electron chi connectivity index (χ3n) is 5.07. The van der Waals surface area contributed by atoms with Crippen molar-refractivity contribution in [3.8, 4) is 34.1 Å². The predicted octanol–water partition coefficient (Wildman–Crippen LogP) is 2.95. The third-order valence-corrected chi connectivity index (χ3v) is 5.07. The molecule has 2 aromatic rings. The van der Waals surface area contributed by atoms with Crippen LogP contribution in [0.1, 0.15) is 23.6 Å². The number of rotatable bonds is 5. The summed E-state index contributed by atoms with van der Waals surface area (Å²) in [7, 11) is 8.24. The Bertz CT molecular complexity index is 910. The van der Waals surface area contributed by atoms with Gasteiger partial charge in [-0.15, -0.1) is 0 Å². The van der Waals surface area contributed by atoms with E-state index in [2.05, 4.69) is 5.32 Å². The molecule has 1 atom stereocenters. The van der Waals surface area contributed by atoms with Crippen molar-refractivity contribution < 1.29 is 18.9 Å². The maximum absolute atomic E-state index is 12.4. The van der Waals surface area contributed by atoms with Gasteiger partial charge in [0.05, 0.1) is 28.4 Å². The summed E-state index contributed by atoms with van der Waals surface area (Å²) in [6, 6.07) is 7.25. The molecule has 0 bridgehead atoms. The minimum Gasteiger partial charge on any atom is -0.493 e. The van der Waals surface area contributed by atoms with Gasteiger partial charge in [-0.2, -0.15) is 0 Å². The van der Waals surface area contributed by atoms with Crippen LogP contribution in [0.5, 0.6) is 23.0 Å². The highest BCUT2D eigenvalue weighted by molar-refractivity contribution is 5.82. The second-order valence-electron chi connectivity index (χ2n) is 6.34. The van der Waals surface area contributed by atoms with Crippen LogP contribution in [0.15, 0.2) is 29.1 Å². The Kier molecular flexibility index (Phi) is 5.56. The molecule has 0 aliphatic heterocycles. The Morgan fingerprint density at radius 3 is 2.22 bits per heavy atom. The van der Waals surface area contributed by atoms with Crippen LogP contribution in [0.25, 0.3) is 11.1 Å². The number of ether oxygens (including phenoxy) is 4. The topological polar surface area (TPSA) is 66.0 Å². The Labute approximate surface area is 159 Å². The molecule has 144 valence electrons. The first-order valence-corrected chi connectivity index (χ1v) is 8.81. The summed E-state index contributed by atoms with van der Waals surface area (Å²) in [6.45, 7) is 0. The summed E-state index contributed by atoms with van der Waals surface area (Å²) in [5.74, 6) is 2.08. The Morgan fingerprint density at radius 1 is 0.926 bits per heavy atom. The van der Waals surface area contributed by atoms with E-state index < -0.39 is 0 Å². The van der Waals surface area contributed by atoms with Crippen molar-refractivity contribution in [2.75, 3.05) is 35.5 Å². The number of aryl methyl sites for hydroxylation is 1. The van der Waals surface area contributed by atoms with E-state index in [9.17, 15) is 4.79 Å². The molecule has 3 rings (SSSR count). The lowest BCUT2D eigenvalue weighted by Gasteiger charge is -2.19. The predicted molar refractivity (Wildman–Crippen MR) is 104 cm³/mol. The largest absolute Gasteiger partial charge is 0.493 e. The molecule has 0 unspecified atom stereocenters. The van der Waals surface area contributed by atoms with Gasteiger partial charge in [0.25, 0.3) is 0 Å². The first-order chi connectivity index (χ1) is 13.1. The fourth-order valence-corrected chi connectivity index (χ4v) is 3.76. The summed E-state index contributed by atoms with van der Waals surface area (Å²) in [6.07, 6.45) is 1.68. The SMILES string of the molecule is CN[C@@H]1CCc2cc(OC)c(OC)c(OC)c2-c2ccc(=O)c(OC)cc21. The van der Waals surface area contributed by atoms with Gasteiger partial charge in [0.1, 0.15) is 0 Å². The van der Waals surface area contributed by atoms with Crippen molar-refractivity contribution in [2.24, 2.45) is 0 Å². The standard InChI is InChI=1S/C21H25NO5/c1-22-15-8-6-12-10-18(25-3)20(26-4)21(27-5)19(12)13-7-9-16(23)17(24-2)11-14(13)15/h7,9-11,15,22H,6,8H2,1-5H3/t15-/m1/s1. The number of fused-ring (bicyclic) bond motifs is 3. The first kappa shape index (κ1) is 19.0. The fraction of sp³-hybridized carbons (Fsp3) is 0.381. The van der Waals surface area contributed by atoms with Crippen molar-refractivity contribution in [3.63, 3.8) is 0 Å². The monoisotopic (exact) mass is 371 g/mol. The molecule has 0 fully saturated rings. The smallest absolute Gasteiger partial charge is 0.220 e. The minimum atomic E-state index is -0.165. The molecule has 1 aliphatic carbocycles. The number of benzene rings is 1. The molecule has 0 spiro atoms. The minimum absolute atomic E-state index is 0.0646. The summed E-state index contributed by atoms with van der Waals surface area (Å²) < 4.78 is 22.1. The molecule has 27 heavy (non-hydrogen) atoms. The Hall–Kier alpha value is -2.73. The zero-order chi connectivity index (χ0) is 19.6. The molecular weight excluding hydrogens is 346 g/mol. The van der Waals surface area contributed by atoms with Gasteiger partial charge in [0.2, 0.25) is 11.2 Å². The van der Waals surface area contributed by atoms with Crippen LogP contribution in [0, 0.1) is 0 Å². The molecule has 0 saturated heterocycles. The van der Waals surface area contributed by atoms with E-state index in [4.69, 9.17) is 18.9 Å². The molecule has 6 nitrogen and oxygen atoms in total. The maximum atomic E-state index is 12.4. The zero-order valence-electron chi connectivity index (χ0n) is 16.3. The van der Waals surface area contributed by atoms with Gasteiger partial charge in [-0.3, -0.25) is 4.79 Å². The van der Waals surface area contributed by atoms with Gasteiger partial charge < -0.3 is 24.3 Å². The normalized spacial score (nSPS) is 15.2. The number of methoxy groups -OCH3 is 4. The first-order valence-electron chi connectivity index (χ1n) is 8.81. The van der Waals surface area contributed by atoms with Crippen LogP contribution >= 0.6 is 0 Å². The quantitative estimate of drug-likeness (QED) is 0.872. The molecule has 0 saturated carbocycles. The Morgan fingerprint density at radius 2 is 1.63 bits per heavy atom. The molecule has 0 radical (unpaired) electrons. The number of hydrogen-bond donors (Lipinski definition) is 1. The average Bonchev–Trinajstić information content (AvgIpc) is 2.94. The van der Waals surface area contributed by atoms with E-state index in [1.807, 2.05) is 25.2 Å². The molecule has 0 heterocycles. The molecule has 0 amide bonds. The highest BCUT2D eigenvalue weighted by Crippen LogP contribution is 2.50. The molecule has 0 aromatic heterocycles. The van der Waals surface area contributed by atoms with Gasteiger partial charge in [-0.1, -0.05) is 0 Å². The number of hydrogen-bond acceptors (Lipinski definition) is 6. The second-order valence-corrected chi connectivity index (χ2v) is 6.34. The van der Waals surface area contributed by atoms with E-state index in [0.29, 0.717) is 23.0 Å². The van der Waals surface area contributed by atoms with E-state index in [1.165, 1.54) is 13.2 Å². The van der Waals surface area contributed by atoms with Crippen molar-refractivity contribution in [1.82, 2.24) is 5.32 Å². The van der Waals surface area contributed by atoms with Crippen molar-refractivity contribution in [1.29, 1.82) is 0 Å². The fourth-order valence-electron chi connectivity index (χ4n) is 3.76. The van der Waals surface area contributed by atoms with Gasteiger partial charge in [0.15, 0.2) is 17.2 Å². The van der Waals surface area contributed by atoms with Crippen LogP contribution in [0.3, 0.4) is 0 Å². The van der Waals surface area contributed by atoms with Crippen LogP contribution < -0.4 is 29.7 Å². The van der Waals surface area contributed by atoms with Crippen LogP contribution in [-0.4, -0.2) is 35.5 Å². The lowest BCUT2D eigenvalue weighted by atomic mass is 9.95. The van der Waals surface area contributed by atoms with E-state index >= 15 is 0 Å². The van der Waals surface area contributed by atoms with Gasteiger partial charge >= 0.3 is 0 Å². The molecule has 1 N–H and O–H groups in total. The van der Waals surface area contributed by atoms with Crippen molar-refractivity contribution in [2.45, 2.75) is 18.9 Å². The van der Waals surface area contributed by atoms with E-state index in [1.54, 1.807) is 21.3 Å². The van der Waals surface area contributed by atoms with E-state index in [-0.39, 0.29) is 11.5 Å². The maximum Gasteiger partial charge on any atom is 0.220 e. The lowest BCUT2D eigenvalue weighted by Crippen LogP contribution is -2.16. The molecular formula is C21H25NO5. The summed E-state index contributed by atoms with van der Waals surface area (Å²) in [5, 5.41) is 3.35. The van der Waals surface area contributed by atoms with Crippen LogP contribution in [0.4, 0.5) is 0 Å². The average molecular weight is 371 g/mol. The molecule has 1 aliphatic rings. The summed E-state index contributed by atoms with van der Waals surface area (Å²) in [5.41, 5.74) is 3.74. The van der Waals surface area contributed by atoms with Crippen LogP contribution in [0.2, 0.25) is 0 Å². The van der Waals surface area contributed by atoms with Crippen molar-refractivity contribution >= 4 is 0 Å². The molecule has 2 aromatic carbocycles. The highest BCUT2D eigenvalue weighted by atomic mass is 16.5. The second kappa shape index (κ2) is 7.88. The van der Waals surface area contributed by atoms with Gasteiger partial charge in [-0.25, -0.2) is 0 Å². The number of nitrogens with one attached hydrogen (secondary N) is 1. The molecule has 6 heteroatoms. The van der Waals surface area contributed by atoms with Gasteiger partial charge in [-0.05, 0) is 60.8 Å². The van der Waals surface area contributed by atoms with Crippen molar-refractivity contribution in [3.05, 3.63) is 45.6 Å². The van der Waals surface area contributed by atoms with E-state index in [0.717, 1.165) is 35.1 Å². The Balaban J connectivity index is 2.44. The summed E-state index contributed by atoms with van der Waals surface area (Å²) in [4.78, 5) is 12.4. The lowest BCUT2D eigenvalue weighted by molar-refractivity contribution is 0.324. The van der Waals surface area contributed by atoms with Gasteiger partial charge in [0, 0.05) is 11.6 Å². The van der Waals surface area contributed by atoms with Crippen LogP contribution in [-0.2, 0) is 6.42 Å². The summed E-state index contributed by atoms with van der Waals surface area (Å²) >= 11 is 0. The third kappa shape index (κ3) is 3.21. The highest BCUT2D eigenvalue weighted by Gasteiger charge is 2.28.